The Morgan fingerprint density at radius 3 is 1.73 bits per heavy atom. The van der Waals surface area contributed by atoms with E-state index in [4.69, 9.17) is 9.90 Å². The molecule has 0 heterocycles. The summed E-state index contributed by atoms with van der Waals surface area (Å²) in [4.78, 5) is 9.14. The molecule has 0 radical (unpaired) electrons. The van der Waals surface area contributed by atoms with Crippen LogP contribution in [0.1, 0.15) is 34.1 Å². The molecule has 0 N–H and O–H groups in total. The van der Waals surface area contributed by atoms with Gasteiger partial charge in [-0.15, -0.1) is 0 Å². The molecular weight excluding hydrogens is 140 g/mol. The van der Waals surface area contributed by atoms with E-state index in [-0.39, 0.29) is 0 Å². The zero-order valence-electron chi connectivity index (χ0n) is 7.81. The molecule has 2 heteroatoms. The summed E-state index contributed by atoms with van der Waals surface area (Å²) < 4.78 is 0. The molecule has 0 fully saturated rings. The molecule has 0 aliphatic rings. The lowest BCUT2D eigenvalue weighted by Crippen LogP contribution is -2.17. The number of hydrogen-bond donors (Lipinski definition) is 0. The summed E-state index contributed by atoms with van der Waals surface area (Å²) in [5, 5.41) is 9.14. The lowest BCUT2D eigenvalue weighted by Gasteiger charge is -2.12. The van der Waals surface area contributed by atoms with Crippen LogP contribution in [0.5, 0.6) is 0 Å². The first-order valence-corrected chi connectivity index (χ1v) is 3.67. The SMILES string of the molecule is C=CC(=O)[O-].CCC(C)(C)C. The standard InChI is InChI=1S/C6H14.C3H4O2/c1-5-6(2,3)4;1-2-3(4)5/h5H2,1-4H3;2H,1H2,(H,4,5)/p-1. The highest BCUT2D eigenvalue weighted by atomic mass is 16.4. The molecule has 0 saturated heterocycles. The third-order valence-corrected chi connectivity index (χ3v) is 1.23. The van der Waals surface area contributed by atoms with Gasteiger partial charge in [-0.2, -0.15) is 0 Å². The quantitative estimate of drug-likeness (QED) is 0.539. The van der Waals surface area contributed by atoms with Crippen LogP contribution in [-0.4, -0.2) is 5.97 Å². The average molecular weight is 157 g/mol. The average Bonchev–Trinajstić information content (AvgIpc) is 1.88. The van der Waals surface area contributed by atoms with Crippen LogP contribution < -0.4 is 5.11 Å². The Hall–Kier alpha value is -0.790. The zero-order valence-corrected chi connectivity index (χ0v) is 7.81. The predicted octanol–water partition coefficient (Wildman–Crippen LogP) is 1.36. The van der Waals surface area contributed by atoms with Crippen molar-refractivity contribution in [1.82, 2.24) is 0 Å². The Balaban J connectivity index is 0. The number of aliphatic carboxylic acids is 1. The molecule has 0 saturated carbocycles. The second kappa shape index (κ2) is 5.96. The molecule has 11 heavy (non-hydrogen) atoms. The Morgan fingerprint density at radius 1 is 1.55 bits per heavy atom. The van der Waals surface area contributed by atoms with E-state index in [1.54, 1.807) is 0 Å². The normalized spacial score (nSPS) is 9.45. The van der Waals surface area contributed by atoms with Gasteiger partial charge < -0.3 is 9.90 Å². The Bertz CT molecular complexity index is 120. The van der Waals surface area contributed by atoms with Crippen LogP contribution in [0, 0.1) is 5.41 Å². The van der Waals surface area contributed by atoms with Gasteiger partial charge in [-0.25, -0.2) is 0 Å². The highest BCUT2D eigenvalue weighted by Crippen LogP contribution is 2.16. The number of rotatable bonds is 1. The second-order valence-corrected chi connectivity index (χ2v) is 3.44. The molecule has 0 amide bonds. The van der Waals surface area contributed by atoms with Gasteiger partial charge in [0.2, 0.25) is 0 Å². The summed E-state index contributed by atoms with van der Waals surface area (Å²) in [5.41, 5.74) is 0.542. The molecule has 0 atom stereocenters. The minimum absolute atomic E-state index is 0.542. The number of carbonyl (C=O) groups excluding carboxylic acids is 1. The van der Waals surface area contributed by atoms with Crippen molar-refractivity contribution in [2.24, 2.45) is 5.41 Å². The predicted molar refractivity (Wildman–Crippen MR) is 45.0 cm³/mol. The number of carboxylic acid groups (broad SMARTS) is 1. The van der Waals surface area contributed by atoms with E-state index in [0.29, 0.717) is 5.41 Å². The lowest BCUT2D eigenvalue weighted by molar-refractivity contribution is -0.297. The van der Waals surface area contributed by atoms with Crippen LogP contribution in [0.15, 0.2) is 12.7 Å². The van der Waals surface area contributed by atoms with E-state index in [2.05, 4.69) is 34.3 Å². The summed E-state index contributed by atoms with van der Waals surface area (Å²) in [6, 6.07) is 0. The summed E-state index contributed by atoms with van der Waals surface area (Å²) >= 11 is 0. The summed E-state index contributed by atoms with van der Waals surface area (Å²) in [5.74, 6) is -1.23. The number of carbonyl (C=O) groups is 1. The van der Waals surface area contributed by atoms with Gasteiger partial charge in [-0.1, -0.05) is 40.7 Å². The van der Waals surface area contributed by atoms with E-state index in [9.17, 15) is 0 Å². The lowest BCUT2D eigenvalue weighted by atomic mass is 9.94. The first kappa shape index (κ1) is 12.8. The summed E-state index contributed by atoms with van der Waals surface area (Å²) in [6.45, 7) is 11.8. The van der Waals surface area contributed by atoms with Crippen LogP contribution >= 0.6 is 0 Å². The molecule has 0 bridgehead atoms. The van der Waals surface area contributed by atoms with Crippen molar-refractivity contribution in [2.75, 3.05) is 0 Å². The minimum atomic E-state index is -1.23. The maximum absolute atomic E-state index is 9.14. The van der Waals surface area contributed by atoms with Crippen LogP contribution in [0.3, 0.4) is 0 Å². The largest absolute Gasteiger partial charge is 0.545 e. The van der Waals surface area contributed by atoms with Gasteiger partial charge in [0, 0.05) is 0 Å². The molecule has 0 rings (SSSR count). The van der Waals surface area contributed by atoms with E-state index in [1.807, 2.05) is 0 Å². The van der Waals surface area contributed by atoms with Gasteiger partial charge in [-0.05, 0) is 11.5 Å². The molecule has 0 aliphatic heterocycles. The topological polar surface area (TPSA) is 40.1 Å². The molecule has 2 nitrogen and oxygen atoms in total. The molecule has 0 aromatic heterocycles. The van der Waals surface area contributed by atoms with Crippen LogP contribution in [-0.2, 0) is 4.79 Å². The Kier molecular flexibility index (Phi) is 6.96. The van der Waals surface area contributed by atoms with Crippen molar-refractivity contribution in [3.05, 3.63) is 12.7 Å². The Labute approximate surface area is 68.9 Å². The molecule has 0 spiro atoms. The fourth-order valence-electron chi connectivity index (χ4n) is 0. The fraction of sp³-hybridized carbons (Fsp3) is 0.667. The molecule has 0 aromatic carbocycles. The van der Waals surface area contributed by atoms with Crippen molar-refractivity contribution in [3.63, 3.8) is 0 Å². The van der Waals surface area contributed by atoms with Gasteiger partial charge in [0.15, 0.2) is 0 Å². The van der Waals surface area contributed by atoms with Gasteiger partial charge in [-0.3, -0.25) is 0 Å². The molecular formula is C9H17O2-. The third-order valence-electron chi connectivity index (χ3n) is 1.23. The highest BCUT2D eigenvalue weighted by Gasteiger charge is 2.03. The van der Waals surface area contributed by atoms with Crippen LogP contribution in [0.4, 0.5) is 0 Å². The first-order chi connectivity index (χ1) is 4.83. The monoisotopic (exact) mass is 157 g/mol. The van der Waals surface area contributed by atoms with Crippen LogP contribution in [0.25, 0.3) is 0 Å². The molecule has 66 valence electrons. The van der Waals surface area contributed by atoms with Gasteiger partial charge in [0.1, 0.15) is 0 Å². The van der Waals surface area contributed by atoms with E-state index >= 15 is 0 Å². The van der Waals surface area contributed by atoms with Crippen molar-refractivity contribution in [1.29, 1.82) is 0 Å². The second-order valence-electron chi connectivity index (χ2n) is 3.44. The van der Waals surface area contributed by atoms with E-state index in [1.165, 1.54) is 6.42 Å². The van der Waals surface area contributed by atoms with Gasteiger partial charge in [0.25, 0.3) is 0 Å². The smallest absolute Gasteiger partial charge is 0.0636 e. The maximum atomic E-state index is 9.14. The number of hydrogen-bond acceptors (Lipinski definition) is 2. The van der Waals surface area contributed by atoms with Crippen LogP contribution in [0.2, 0.25) is 0 Å². The van der Waals surface area contributed by atoms with Gasteiger partial charge >= 0.3 is 0 Å². The number of carboxylic acids is 1. The molecule has 0 aromatic rings. The third kappa shape index (κ3) is 27.0. The molecule has 0 aliphatic carbocycles. The van der Waals surface area contributed by atoms with Gasteiger partial charge in [0.05, 0.1) is 5.97 Å². The van der Waals surface area contributed by atoms with E-state index in [0.717, 1.165) is 6.08 Å². The fourth-order valence-corrected chi connectivity index (χ4v) is 0. The zero-order chi connectivity index (χ0) is 9.49. The minimum Gasteiger partial charge on any atom is -0.545 e. The first-order valence-electron chi connectivity index (χ1n) is 3.67. The van der Waals surface area contributed by atoms with Crippen molar-refractivity contribution >= 4 is 5.97 Å². The van der Waals surface area contributed by atoms with Crippen molar-refractivity contribution in [3.8, 4) is 0 Å². The maximum Gasteiger partial charge on any atom is 0.0636 e. The van der Waals surface area contributed by atoms with E-state index < -0.39 is 5.97 Å². The summed E-state index contributed by atoms with van der Waals surface area (Å²) in [7, 11) is 0. The van der Waals surface area contributed by atoms with Crippen molar-refractivity contribution < 1.29 is 9.90 Å². The molecule has 0 unspecified atom stereocenters. The highest BCUT2D eigenvalue weighted by molar-refractivity contribution is 5.76. The summed E-state index contributed by atoms with van der Waals surface area (Å²) in [6.07, 6.45) is 1.99. The van der Waals surface area contributed by atoms with Crippen molar-refractivity contribution in [2.45, 2.75) is 34.1 Å². The Morgan fingerprint density at radius 2 is 1.73 bits per heavy atom.